The first-order valence-electron chi connectivity index (χ1n) is 10.9. The number of carbonyl (C=O) groups excluding carboxylic acids is 2. The molecule has 1 spiro atoms. The minimum absolute atomic E-state index is 0.0266. The van der Waals surface area contributed by atoms with Gasteiger partial charge in [0.25, 0.3) is 0 Å². The van der Waals surface area contributed by atoms with Gasteiger partial charge in [-0.3, -0.25) is 9.59 Å². The van der Waals surface area contributed by atoms with Gasteiger partial charge in [-0.1, -0.05) is 24.3 Å². The van der Waals surface area contributed by atoms with E-state index in [2.05, 4.69) is 11.4 Å². The number of nitrogens with one attached hydrogen (secondary N) is 1. The van der Waals surface area contributed by atoms with Gasteiger partial charge in [-0.25, -0.2) is 0 Å². The third-order valence-electron chi connectivity index (χ3n) is 6.72. The number of likely N-dealkylation sites (tertiary alicyclic amines) is 1. The highest BCUT2D eigenvalue weighted by Crippen LogP contribution is 2.59. The van der Waals surface area contributed by atoms with Crippen LogP contribution in [0.2, 0.25) is 0 Å². The number of benzene rings is 2. The summed E-state index contributed by atoms with van der Waals surface area (Å²) in [7, 11) is 0. The van der Waals surface area contributed by atoms with E-state index in [1.807, 2.05) is 26.0 Å². The van der Waals surface area contributed by atoms with Gasteiger partial charge >= 0.3 is 6.18 Å². The van der Waals surface area contributed by atoms with Crippen LogP contribution in [0.1, 0.15) is 41.5 Å². The summed E-state index contributed by atoms with van der Waals surface area (Å²) < 4.78 is 38.7. The van der Waals surface area contributed by atoms with Gasteiger partial charge in [0.1, 0.15) is 0 Å². The molecule has 1 atom stereocenters. The van der Waals surface area contributed by atoms with Gasteiger partial charge in [0.05, 0.1) is 12.0 Å². The van der Waals surface area contributed by atoms with E-state index in [1.54, 1.807) is 11.0 Å². The molecule has 2 aromatic rings. The van der Waals surface area contributed by atoms with Gasteiger partial charge in [0, 0.05) is 24.7 Å². The maximum absolute atomic E-state index is 12.9. The lowest BCUT2D eigenvalue weighted by atomic mass is 9.90. The average Bonchev–Trinajstić information content (AvgIpc) is 3.40. The van der Waals surface area contributed by atoms with Gasteiger partial charge in [-0.05, 0) is 73.4 Å². The van der Waals surface area contributed by atoms with Gasteiger partial charge < -0.3 is 10.2 Å². The first kappa shape index (κ1) is 22.4. The predicted molar refractivity (Wildman–Crippen MR) is 116 cm³/mol. The Bertz CT molecular complexity index is 1020. The molecule has 2 amide bonds. The highest BCUT2D eigenvalue weighted by molar-refractivity contribution is 5.95. The van der Waals surface area contributed by atoms with Crippen LogP contribution in [0.5, 0.6) is 0 Å². The van der Waals surface area contributed by atoms with Crippen molar-refractivity contribution in [2.45, 2.75) is 45.7 Å². The van der Waals surface area contributed by atoms with Crippen LogP contribution in [-0.4, -0.2) is 29.8 Å². The number of hydrogen-bond acceptors (Lipinski definition) is 2. The molecule has 1 saturated heterocycles. The van der Waals surface area contributed by atoms with Crippen molar-refractivity contribution in [2.75, 3.05) is 18.4 Å². The Morgan fingerprint density at radius 1 is 1.06 bits per heavy atom. The summed E-state index contributed by atoms with van der Waals surface area (Å²) in [4.78, 5) is 27.1. The number of anilines is 1. The van der Waals surface area contributed by atoms with E-state index in [1.165, 1.54) is 6.07 Å². The molecule has 7 heteroatoms. The maximum Gasteiger partial charge on any atom is 0.416 e. The summed E-state index contributed by atoms with van der Waals surface area (Å²) >= 11 is 0. The number of amides is 2. The molecule has 2 aromatic carbocycles. The molecule has 4 rings (SSSR count). The summed E-state index contributed by atoms with van der Waals surface area (Å²) in [6, 6.07) is 10.9. The second-order valence-electron chi connectivity index (χ2n) is 9.24. The summed E-state index contributed by atoms with van der Waals surface area (Å²) in [5.41, 5.74) is 2.56. The Labute approximate surface area is 185 Å². The average molecular weight is 444 g/mol. The van der Waals surface area contributed by atoms with Crippen molar-refractivity contribution in [2.24, 2.45) is 11.3 Å². The molecule has 1 saturated carbocycles. The maximum atomic E-state index is 12.9. The van der Waals surface area contributed by atoms with Gasteiger partial charge in [0.2, 0.25) is 11.8 Å². The van der Waals surface area contributed by atoms with Crippen LogP contribution in [0.4, 0.5) is 18.9 Å². The molecule has 1 heterocycles. The molecule has 0 aromatic heterocycles. The summed E-state index contributed by atoms with van der Waals surface area (Å²) in [5.74, 6) is -0.196. The molecule has 0 unspecified atom stereocenters. The monoisotopic (exact) mass is 444 g/mol. The van der Waals surface area contributed by atoms with Crippen LogP contribution >= 0.6 is 0 Å². The molecule has 1 aliphatic heterocycles. The normalized spacial score (nSPS) is 19.7. The molecule has 4 nitrogen and oxygen atoms in total. The van der Waals surface area contributed by atoms with E-state index in [0.29, 0.717) is 18.7 Å². The Morgan fingerprint density at radius 3 is 2.34 bits per heavy atom. The number of halogens is 3. The molecule has 32 heavy (non-hydrogen) atoms. The summed E-state index contributed by atoms with van der Waals surface area (Å²) in [6.45, 7) is 5.05. The van der Waals surface area contributed by atoms with E-state index in [4.69, 9.17) is 0 Å². The lowest BCUT2D eigenvalue weighted by molar-refractivity contribution is -0.138. The van der Waals surface area contributed by atoms with Crippen molar-refractivity contribution in [3.05, 3.63) is 64.7 Å². The number of rotatable bonds is 4. The minimum atomic E-state index is -4.42. The van der Waals surface area contributed by atoms with Crippen molar-refractivity contribution < 1.29 is 22.8 Å². The second-order valence-corrected chi connectivity index (χ2v) is 9.24. The molecular weight excluding hydrogens is 417 g/mol. The number of aryl methyl sites for hydroxylation is 2. The molecule has 1 aliphatic carbocycles. The van der Waals surface area contributed by atoms with E-state index >= 15 is 0 Å². The van der Waals surface area contributed by atoms with Gasteiger partial charge in [-0.15, -0.1) is 0 Å². The molecule has 0 bridgehead atoms. The van der Waals surface area contributed by atoms with Crippen molar-refractivity contribution >= 4 is 17.5 Å². The van der Waals surface area contributed by atoms with Crippen LogP contribution in [-0.2, 0) is 22.2 Å². The SMILES string of the molecule is Cc1cc(C)cc(NC(=O)[C@H]2CC23CCN(C(=O)Cc2cccc(C(F)(F)F)c2)CC3)c1. The zero-order valence-corrected chi connectivity index (χ0v) is 18.3. The number of piperidine rings is 1. The molecule has 1 N–H and O–H groups in total. The Morgan fingerprint density at radius 2 is 1.72 bits per heavy atom. The molecule has 2 fully saturated rings. The smallest absolute Gasteiger partial charge is 0.342 e. The van der Waals surface area contributed by atoms with E-state index in [0.717, 1.165) is 48.2 Å². The number of alkyl halides is 3. The fourth-order valence-electron chi connectivity index (χ4n) is 4.89. The van der Waals surface area contributed by atoms with E-state index < -0.39 is 11.7 Å². The van der Waals surface area contributed by atoms with Crippen LogP contribution in [0.25, 0.3) is 0 Å². The largest absolute Gasteiger partial charge is 0.416 e. The molecule has 2 aliphatic rings. The standard InChI is InChI=1S/C25H27F3N2O2/c1-16-10-17(2)12-20(11-16)29-23(32)21-15-24(21)6-8-30(9-7-24)22(31)14-18-4-3-5-19(13-18)25(26,27)28/h3-5,10-13,21H,6-9,14-15H2,1-2H3,(H,29,32)/t21-/m1/s1. The molecular formula is C25H27F3N2O2. The van der Waals surface area contributed by atoms with Crippen LogP contribution < -0.4 is 5.32 Å². The first-order valence-corrected chi connectivity index (χ1v) is 10.9. The lowest BCUT2D eigenvalue weighted by Gasteiger charge is -2.33. The summed E-state index contributed by atoms with van der Waals surface area (Å²) in [5, 5.41) is 3.03. The van der Waals surface area contributed by atoms with E-state index in [-0.39, 0.29) is 29.6 Å². The Kier molecular flexibility index (Phi) is 5.77. The van der Waals surface area contributed by atoms with Crippen LogP contribution in [0, 0.1) is 25.2 Å². The Hall–Kier alpha value is -2.83. The number of hydrogen-bond donors (Lipinski definition) is 1. The van der Waals surface area contributed by atoms with Crippen LogP contribution in [0.3, 0.4) is 0 Å². The predicted octanol–water partition coefficient (Wildman–Crippen LogP) is 5.13. The van der Waals surface area contributed by atoms with Gasteiger partial charge in [0.15, 0.2) is 0 Å². The third kappa shape index (κ3) is 4.81. The zero-order valence-electron chi connectivity index (χ0n) is 18.3. The highest BCUT2D eigenvalue weighted by Gasteiger charge is 2.58. The highest BCUT2D eigenvalue weighted by atomic mass is 19.4. The van der Waals surface area contributed by atoms with Crippen molar-refractivity contribution in [1.82, 2.24) is 4.90 Å². The molecule has 170 valence electrons. The van der Waals surface area contributed by atoms with Crippen molar-refractivity contribution in [3.63, 3.8) is 0 Å². The number of carbonyl (C=O) groups is 2. The first-order chi connectivity index (χ1) is 15.1. The summed E-state index contributed by atoms with van der Waals surface area (Å²) in [6.07, 6.45) is -2.17. The fraction of sp³-hybridized carbons (Fsp3) is 0.440. The second kappa shape index (κ2) is 8.26. The topological polar surface area (TPSA) is 49.4 Å². The Balaban J connectivity index is 1.31. The third-order valence-corrected chi connectivity index (χ3v) is 6.72. The quantitative estimate of drug-likeness (QED) is 0.711. The van der Waals surface area contributed by atoms with E-state index in [9.17, 15) is 22.8 Å². The van der Waals surface area contributed by atoms with Gasteiger partial charge in [-0.2, -0.15) is 13.2 Å². The zero-order chi connectivity index (χ0) is 23.1. The van der Waals surface area contributed by atoms with Crippen molar-refractivity contribution in [1.29, 1.82) is 0 Å². The lowest BCUT2D eigenvalue weighted by Crippen LogP contribution is -2.41. The minimum Gasteiger partial charge on any atom is -0.342 e. The molecule has 0 radical (unpaired) electrons. The van der Waals surface area contributed by atoms with Crippen molar-refractivity contribution in [3.8, 4) is 0 Å². The fourth-order valence-corrected chi connectivity index (χ4v) is 4.89. The number of nitrogens with zero attached hydrogens (tertiary/aromatic N) is 1. The van der Waals surface area contributed by atoms with Crippen LogP contribution in [0.15, 0.2) is 42.5 Å².